The van der Waals surface area contributed by atoms with Crippen LogP contribution in [0, 0.1) is 0 Å². The summed E-state index contributed by atoms with van der Waals surface area (Å²) in [5, 5.41) is 2.77. The number of sulfonamides is 1. The fourth-order valence-electron chi connectivity index (χ4n) is 1.42. The van der Waals surface area contributed by atoms with E-state index in [4.69, 9.17) is 16.3 Å². The van der Waals surface area contributed by atoms with Crippen LogP contribution in [0.25, 0.3) is 0 Å². The van der Waals surface area contributed by atoms with Gasteiger partial charge in [-0.25, -0.2) is 8.42 Å². The highest BCUT2D eigenvalue weighted by atomic mass is 35.5. The highest BCUT2D eigenvalue weighted by molar-refractivity contribution is 7.93. The van der Waals surface area contributed by atoms with Crippen molar-refractivity contribution in [3.05, 3.63) is 23.2 Å². The second-order valence-corrected chi connectivity index (χ2v) is 6.62. The summed E-state index contributed by atoms with van der Waals surface area (Å²) in [5.74, 6) is 0.543. The molecule has 2 N–H and O–H groups in total. The van der Waals surface area contributed by atoms with E-state index in [-0.39, 0.29) is 0 Å². The van der Waals surface area contributed by atoms with E-state index in [1.807, 2.05) is 6.92 Å². The maximum atomic E-state index is 12.1. The van der Waals surface area contributed by atoms with Gasteiger partial charge in [-0.1, -0.05) is 18.5 Å². The number of halogens is 1. The molecule has 0 spiro atoms. The fourth-order valence-corrected chi connectivity index (χ4v) is 2.66. The first kappa shape index (κ1) is 16.1. The van der Waals surface area contributed by atoms with Crippen LogP contribution in [0.1, 0.15) is 13.8 Å². The molecule has 1 aromatic rings. The molecule has 0 aromatic heterocycles. The zero-order chi connectivity index (χ0) is 14.5. The Morgan fingerprint density at radius 2 is 2.11 bits per heavy atom. The predicted molar refractivity (Wildman–Crippen MR) is 78.6 cm³/mol. The molecule has 0 aliphatic heterocycles. The lowest BCUT2D eigenvalue weighted by Gasteiger charge is -2.16. The number of hydrogen-bond acceptors (Lipinski definition) is 4. The normalized spacial score (nSPS) is 13.1. The molecule has 7 heteroatoms. The van der Waals surface area contributed by atoms with Crippen LogP contribution < -0.4 is 14.8 Å². The molecule has 19 heavy (non-hydrogen) atoms. The van der Waals surface area contributed by atoms with Crippen LogP contribution in [0.2, 0.25) is 5.02 Å². The zero-order valence-corrected chi connectivity index (χ0v) is 12.8. The van der Waals surface area contributed by atoms with E-state index in [0.29, 0.717) is 23.0 Å². The van der Waals surface area contributed by atoms with Crippen LogP contribution in [-0.2, 0) is 10.0 Å². The lowest BCUT2D eigenvalue weighted by Crippen LogP contribution is -2.34. The molecule has 1 unspecified atom stereocenters. The molecule has 0 amide bonds. The predicted octanol–water partition coefficient (Wildman–Crippen LogP) is 2.09. The first-order valence-electron chi connectivity index (χ1n) is 5.96. The monoisotopic (exact) mass is 306 g/mol. The Hall–Kier alpha value is -0.980. The molecule has 1 atom stereocenters. The van der Waals surface area contributed by atoms with Crippen molar-refractivity contribution in [1.82, 2.24) is 5.32 Å². The Bertz CT molecular complexity index is 520. The van der Waals surface area contributed by atoms with Gasteiger partial charge in [-0.05, 0) is 25.6 Å². The maximum Gasteiger partial charge on any atom is 0.236 e. The minimum atomic E-state index is -3.49. The second-order valence-electron chi connectivity index (χ2n) is 4.11. The summed E-state index contributed by atoms with van der Waals surface area (Å²) in [5.41, 5.74) is 0.323. The van der Waals surface area contributed by atoms with Gasteiger partial charge in [0.25, 0.3) is 0 Å². The molecule has 0 fully saturated rings. The summed E-state index contributed by atoms with van der Waals surface area (Å²) in [4.78, 5) is 0. The fraction of sp³-hybridized carbons (Fsp3) is 0.500. The summed E-state index contributed by atoms with van der Waals surface area (Å²) in [7, 11) is -1.98. The lowest BCUT2D eigenvalue weighted by molar-refractivity contribution is 0.415. The van der Waals surface area contributed by atoms with E-state index in [9.17, 15) is 8.42 Å². The molecule has 0 bridgehead atoms. The summed E-state index contributed by atoms with van der Waals surface area (Å²) in [6.45, 7) is 4.66. The number of anilines is 1. The quantitative estimate of drug-likeness (QED) is 0.809. The van der Waals surface area contributed by atoms with Crippen LogP contribution in [0.4, 0.5) is 5.69 Å². The standard InChI is InChI=1S/C12H19ClN2O3S/c1-4-14-8-9(2)19(16,17)15-12-7-10(18-3)5-6-11(12)13/h5-7,9,14-15H,4,8H2,1-3H3. The first-order valence-corrected chi connectivity index (χ1v) is 7.89. The van der Waals surface area contributed by atoms with Crippen LogP contribution in [0.15, 0.2) is 18.2 Å². The molecular weight excluding hydrogens is 288 g/mol. The third-order valence-electron chi connectivity index (χ3n) is 2.64. The number of methoxy groups -OCH3 is 1. The molecular formula is C12H19ClN2O3S. The van der Waals surface area contributed by atoms with Crippen molar-refractivity contribution < 1.29 is 13.2 Å². The van der Waals surface area contributed by atoms with Crippen molar-refractivity contribution in [3.8, 4) is 5.75 Å². The number of rotatable bonds is 7. The minimum absolute atomic E-state index is 0.323. The van der Waals surface area contributed by atoms with Crippen molar-refractivity contribution in [2.45, 2.75) is 19.1 Å². The summed E-state index contributed by atoms with van der Waals surface area (Å²) < 4.78 is 31.7. The maximum absolute atomic E-state index is 12.1. The summed E-state index contributed by atoms with van der Waals surface area (Å²) in [6.07, 6.45) is 0. The summed E-state index contributed by atoms with van der Waals surface area (Å²) in [6, 6.07) is 4.81. The van der Waals surface area contributed by atoms with Crippen molar-refractivity contribution in [3.63, 3.8) is 0 Å². The van der Waals surface area contributed by atoms with Gasteiger partial charge < -0.3 is 10.1 Å². The second kappa shape index (κ2) is 6.98. The van der Waals surface area contributed by atoms with Gasteiger partial charge in [-0.3, -0.25) is 4.72 Å². The average Bonchev–Trinajstić information content (AvgIpc) is 2.38. The van der Waals surface area contributed by atoms with Crippen molar-refractivity contribution in [2.75, 3.05) is 24.9 Å². The molecule has 0 radical (unpaired) electrons. The number of hydrogen-bond donors (Lipinski definition) is 2. The number of ether oxygens (including phenoxy) is 1. The zero-order valence-electron chi connectivity index (χ0n) is 11.2. The molecule has 0 aliphatic carbocycles. The van der Waals surface area contributed by atoms with Gasteiger partial charge in [-0.15, -0.1) is 0 Å². The third-order valence-corrected chi connectivity index (χ3v) is 4.70. The molecule has 0 saturated carbocycles. The van der Waals surface area contributed by atoms with Gasteiger partial charge in [0, 0.05) is 12.6 Å². The van der Waals surface area contributed by atoms with Crippen molar-refractivity contribution >= 4 is 27.3 Å². The Balaban J connectivity index is 2.88. The van der Waals surface area contributed by atoms with E-state index in [1.165, 1.54) is 7.11 Å². The van der Waals surface area contributed by atoms with Gasteiger partial charge in [0.15, 0.2) is 0 Å². The van der Waals surface area contributed by atoms with Gasteiger partial charge in [-0.2, -0.15) is 0 Å². The van der Waals surface area contributed by atoms with Crippen molar-refractivity contribution in [2.24, 2.45) is 0 Å². The van der Waals surface area contributed by atoms with E-state index >= 15 is 0 Å². The van der Waals surface area contributed by atoms with Crippen molar-refractivity contribution in [1.29, 1.82) is 0 Å². The van der Waals surface area contributed by atoms with Gasteiger partial charge in [0.2, 0.25) is 10.0 Å². The summed E-state index contributed by atoms with van der Waals surface area (Å²) >= 11 is 5.97. The van der Waals surface area contributed by atoms with Gasteiger partial charge in [0.05, 0.1) is 23.1 Å². The van der Waals surface area contributed by atoms with E-state index in [0.717, 1.165) is 6.54 Å². The molecule has 0 aliphatic rings. The van der Waals surface area contributed by atoms with Crippen LogP contribution in [0.5, 0.6) is 5.75 Å². The highest BCUT2D eigenvalue weighted by Gasteiger charge is 2.21. The lowest BCUT2D eigenvalue weighted by atomic mass is 10.3. The molecule has 0 heterocycles. The van der Waals surface area contributed by atoms with Gasteiger partial charge in [0.1, 0.15) is 5.75 Å². The van der Waals surface area contributed by atoms with E-state index in [1.54, 1.807) is 25.1 Å². The van der Waals surface area contributed by atoms with Crippen LogP contribution in [-0.4, -0.2) is 33.9 Å². The number of nitrogens with one attached hydrogen (secondary N) is 2. The van der Waals surface area contributed by atoms with Crippen LogP contribution in [0.3, 0.4) is 0 Å². The van der Waals surface area contributed by atoms with E-state index in [2.05, 4.69) is 10.0 Å². The largest absolute Gasteiger partial charge is 0.497 e. The molecule has 1 aromatic carbocycles. The molecule has 1 rings (SSSR count). The number of benzene rings is 1. The third kappa shape index (κ3) is 4.56. The highest BCUT2D eigenvalue weighted by Crippen LogP contribution is 2.28. The van der Waals surface area contributed by atoms with E-state index < -0.39 is 15.3 Å². The van der Waals surface area contributed by atoms with Crippen LogP contribution >= 0.6 is 11.6 Å². The molecule has 0 saturated heterocycles. The van der Waals surface area contributed by atoms with Gasteiger partial charge >= 0.3 is 0 Å². The Morgan fingerprint density at radius 1 is 1.42 bits per heavy atom. The Kier molecular flexibility index (Phi) is 5.90. The Morgan fingerprint density at radius 3 is 2.68 bits per heavy atom. The Labute approximate surface area is 119 Å². The average molecular weight is 307 g/mol. The minimum Gasteiger partial charge on any atom is -0.497 e. The topological polar surface area (TPSA) is 67.4 Å². The smallest absolute Gasteiger partial charge is 0.236 e. The first-order chi connectivity index (χ1) is 8.90. The molecule has 5 nitrogen and oxygen atoms in total. The SMILES string of the molecule is CCNCC(C)S(=O)(=O)Nc1cc(OC)ccc1Cl. The molecule has 108 valence electrons.